The van der Waals surface area contributed by atoms with E-state index in [-0.39, 0.29) is 11.2 Å². The summed E-state index contributed by atoms with van der Waals surface area (Å²) in [4.78, 5) is 25.1. The Morgan fingerprint density at radius 1 is 1.61 bits per heavy atom. The van der Waals surface area contributed by atoms with Crippen molar-refractivity contribution in [1.29, 1.82) is 5.26 Å². The van der Waals surface area contributed by atoms with Gasteiger partial charge in [-0.15, -0.1) is 5.26 Å². The van der Waals surface area contributed by atoms with Crippen LogP contribution < -0.4 is 4.90 Å². The van der Waals surface area contributed by atoms with Crippen molar-refractivity contribution in [2.24, 2.45) is 5.92 Å². The highest BCUT2D eigenvalue weighted by atomic mass is 16.6. The molecule has 3 rings (SSSR count). The second-order valence-corrected chi connectivity index (χ2v) is 6.05. The van der Waals surface area contributed by atoms with E-state index in [9.17, 15) is 14.9 Å². The van der Waals surface area contributed by atoms with Gasteiger partial charge in [0.2, 0.25) is 0 Å². The molecular formula is C16H17N3O4. The van der Waals surface area contributed by atoms with Crippen molar-refractivity contribution in [3.05, 3.63) is 33.9 Å². The number of nitro benzene ring substituents is 1. The van der Waals surface area contributed by atoms with Crippen LogP contribution in [0.5, 0.6) is 0 Å². The number of hydrogen-bond donors (Lipinski definition) is 0. The fraction of sp³-hybridized carbons (Fsp3) is 0.500. The molecule has 2 heterocycles. The first-order chi connectivity index (χ1) is 11.0. The summed E-state index contributed by atoms with van der Waals surface area (Å²) in [5.74, 6) is -1.03. The van der Waals surface area contributed by atoms with Crippen LogP contribution in [0.2, 0.25) is 0 Å². The Balaban J connectivity index is 2.10. The van der Waals surface area contributed by atoms with Gasteiger partial charge in [-0.05, 0) is 37.3 Å². The highest BCUT2D eigenvalue weighted by molar-refractivity contribution is 5.79. The number of carbonyl (C=O) groups excluding carboxylic acids is 1. The third kappa shape index (κ3) is 2.22. The molecule has 0 N–H and O–H groups in total. The number of non-ortho nitro benzene ring substituents is 1. The topological polar surface area (TPSA) is 96.5 Å². The maximum absolute atomic E-state index is 12.3. The van der Waals surface area contributed by atoms with Crippen LogP contribution in [-0.4, -0.2) is 23.0 Å². The number of carbonyl (C=O) groups is 1. The third-order valence-corrected chi connectivity index (χ3v) is 5.21. The van der Waals surface area contributed by atoms with E-state index in [0.29, 0.717) is 6.42 Å². The number of ether oxygens (including phenoxy) is 1. The summed E-state index contributed by atoms with van der Waals surface area (Å²) in [5, 5.41) is 19.7. The smallest absolute Gasteiger partial charge is 0.327 e. The van der Waals surface area contributed by atoms with Gasteiger partial charge in [0.15, 0.2) is 0 Å². The van der Waals surface area contributed by atoms with Crippen LogP contribution in [0.4, 0.5) is 11.4 Å². The van der Waals surface area contributed by atoms with E-state index in [1.54, 1.807) is 6.07 Å². The Labute approximate surface area is 133 Å². The fourth-order valence-corrected chi connectivity index (χ4v) is 4.18. The Kier molecular flexibility index (Phi) is 3.68. The van der Waals surface area contributed by atoms with Crippen molar-refractivity contribution in [2.45, 2.75) is 38.1 Å². The molecule has 0 saturated carbocycles. The van der Waals surface area contributed by atoms with Crippen LogP contribution >= 0.6 is 0 Å². The van der Waals surface area contributed by atoms with Crippen molar-refractivity contribution >= 4 is 17.3 Å². The van der Waals surface area contributed by atoms with Gasteiger partial charge in [-0.25, -0.2) is 0 Å². The number of benzene rings is 1. The van der Waals surface area contributed by atoms with E-state index in [1.165, 1.54) is 18.4 Å². The number of nitrogens with zero attached hydrogens (tertiary/aromatic N) is 3. The maximum Gasteiger partial charge on any atom is 0.327 e. The Morgan fingerprint density at radius 2 is 2.39 bits per heavy atom. The molecule has 2 unspecified atom stereocenters. The van der Waals surface area contributed by atoms with Crippen LogP contribution in [0, 0.1) is 27.5 Å². The zero-order chi connectivity index (χ0) is 16.6. The molecule has 1 fully saturated rings. The quantitative estimate of drug-likeness (QED) is 0.368. The molecule has 1 saturated heterocycles. The van der Waals surface area contributed by atoms with Gasteiger partial charge in [0.05, 0.1) is 16.4 Å². The molecule has 2 aliphatic rings. The summed E-state index contributed by atoms with van der Waals surface area (Å²) in [7, 11) is 0. The molecule has 120 valence electrons. The van der Waals surface area contributed by atoms with E-state index in [4.69, 9.17) is 5.26 Å². The number of anilines is 1. The normalized spacial score (nSPS) is 25.2. The van der Waals surface area contributed by atoms with Gasteiger partial charge >= 0.3 is 5.97 Å². The number of nitro groups is 1. The Hall–Kier alpha value is -2.62. The van der Waals surface area contributed by atoms with Crippen LogP contribution in [0.15, 0.2) is 18.2 Å². The van der Waals surface area contributed by atoms with Crippen molar-refractivity contribution in [1.82, 2.24) is 0 Å². The minimum Gasteiger partial charge on any atom is -0.365 e. The molecular weight excluding hydrogens is 298 g/mol. The lowest BCUT2D eigenvalue weighted by Crippen LogP contribution is -2.56. The summed E-state index contributed by atoms with van der Waals surface area (Å²) in [5.41, 5.74) is 1.37. The van der Waals surface area contributed by atoms with Crippen molar-refractivity contribution in [3.63, 3.8) is 0 Å². The molecule has 7 heteroatoms. The van der Waals surface area contributed by atoms with Gasteiger partial charge < -0.3 is 9.64 Å². The summed E-state index contributed by atoms with van der Waals surface area (Å²) in [6.45, 7) is 2.83. The molecule has 0 spiro atoms. The molecule has 0 radical (unpaired) electrons. The standard InChI is InChI=1S/C16H17N3O4/c1-2-16-6-3-7-18(16)14-5-4-12(19(21)22)8-11(14)9-13(16)15(20)23-10-17/h4-5,8,13H,2-3,6-7,9H2,1H3. The molecule has 2 atom stereocenters. The third-order valence-electron chi connectivity index (χ3n) is 5.21. The van der Waals surface area contributed by atoms with Gasteiger partial charge in [-0.3, -0.25) is 14.9 Å². The lowest BCUT2D eigenvalue weighted by atomic mass is 9.72. The maximum atomic E-state index is 12.3. The molecule has 7 nitrogen and oxygen atoms in total. The van der Waals surface area contributed by atoms with Gasteiger partial charge in [0.25, 0.3) is 11.9 Å². The Morgan fingerprint density at radius 3 is 3.04 bits per heavy atom. The molecule has 1 aromatic carbocycles. The zero-order valence-corrected chi connectivity index (χ0v) is 12.8. The molecule has 23 heavy (non-hydrogen) atoms. The van der Waals surface area contributed by atoms with Crippen molar-refractivity contribution in [2.75, 3.05) is 11.4 Å². The highest BCUT2D eigenvalue weighted by Gasteiger charge is 2.53. The van der Waals surface area contributed by atoms with E-state index in [0.717, 1.165) is 37.1 Å². The molecule has 2 aliphatic heterocycles. The number of hydrogen-bond acceptors (Lipinski definition) is 6. The molecule has 0 aromatic heterocycles. The highest BCUT2D eigenvalue weighted by Crippen LogP contribution is 2.49. The SMILES string of the molecule is CCC12CCCN1c1ccc([N+](=O)[O-])cc1CC2C(=O)OC#N. The van der Waals surface area contributed by atoms with Gasteiger partial charge in [0, 0.05) is 24.4 Å². The van der Waals surface area contributed by atoms with E-state index >= 15 is 0 Å². The first-order valence-electron chi connectivity index (χ1n) is 7.68. The predicted octanol–water partition coefficient (Wildman–Crippen LogP) is 2.54. The minimum absolute atomic E-state index is 0.0133. The van der Waals surface area contributed by atoms with E-state index < -0.39 is 16.8 Å². The second-order valence-electron chi connectivity index (χ2n) is 6.05. The molecule has 0 bridgehead atoms. The largest absolute Gasteiger partial charge is 0.365 e. The van der Waals surface area contributed by atoms with Gasteiger partial charge in [0.1, 0.15) is 0 Å². The number of fused-ring (bicyclic) bond motifs is 3. The molecule has 0 aliphatic carbocycles. The lowest BCUT2D eigenvalue weighted by molar-refractivity contribution is -0.384. The van der Waals surface area contributed by atoms with E-state index in [1.807, 2.05) is 6.92 Å². The van der Waals surface area contributed by atoms with E-state index in [2.05, 4.69) is 9.64 Å². The minimum atomic E-state index is -0.543. The fourth-order valence-electron chi connectivity index (χ4n) is 4.18. The number of nitriles is 1. The molecule has 0 amide bonds. The zero-order valence-electron chi connectivity index (χ0n) is 12.8. The van der Waals surface area contributed by atoms with Crippen molar-refractivity contribution in [3.8, 4) is 6.26 Å². The summed E-state index contributed by atoms with van der Waals surface area (Å²) in [6.07, 6.45) is 4.38. The first-order valence-corrected chi connectivity index (χ1v) is 7.68. The van der Waals surface area contributed by atoms with Gasteiger partial charge in [-0.1, -0.05) is 6.92 Å². The van der Waals surface area contributed by atoms with Crippen LogP contribution in [0.25, 0.3) is 0 Å². The van der Waals surface area contributed by atoms with Crippen LogP contribution in [0.3, 0.4) is 0 Å². The van der Waals surface area contributed by atoms with Gasteiger partial charge in [-0.2, -0.15) is 0 Å². The van der Waals surface area contributed by atoms with Crippen LogP contribution in [0.1, 0.15) is 31.7 Å². The lowest BCUT2D eigenvalue weighted by Gasteiger charge is -2.48. The predicted molar refractivity (Wildman–Crippen MR) is 81.6 cm³/mol. The average molecular weight is 315 g/mol. The average Bonchev–Trinajstić information content (AvgIpc) is 2.99. The summed E-state index contributed by atoms with van der Waals surface area (Å²) >= 11 is 0. The monoisotopic (exact) mass is 315 g/mol. The number of rotatable bonds is 3. The van der Waals surface area contributed by atoms with Crippen molar-refractivity contribution < 1.29 is 14.5 Å². The summed E-state index contributed by atoms with van der Waals surface area (Å²) < 4.78 is 4.62. The molecule has 1 aromatic rings. The first kappa shape index (κ1) is 15.3. The second kappa shape index (κ2) is 5.54. The van der Waals surface area contributed by atoms with Crippen LogP contribution in [-0.2, 0) is 16.0 Å². The Bertz CT molecular complexity index is 712. The number of esters is 1. The summed E-state index contributed by atoms with van der Waals surface area (Å²) in [6, 6.07) is 4.81.